The molecule has 0 unspecified atom stereocenters. The van der Waals surface area contributed by atoms with Crippen LogP contribution < -0.4 is 11.3 Å². The van der Waals surface area contributed by atoms with Crippen LogP contribution in [-0.4, -0.2) is 12.9 Å². The summed E-state index contributed by atoms with van der Waals surface area (Å²) >= 11 is 0. The van der Waals surface area contributed by atoms with Crippen LogP contribution in [0.5, 0.6) is 0 Å². The number of benzene rings is 2. The standard InChI is InChI=1S/C16H19N3/c1-3-12-8-10-13(11-9-12)14-6-4-5-7-15(14)16(18-2)19-17/h4-11H,3,17H2,1-2H3,(H,18,19). The first-order valence-corrected chi connectivity index (χ1v) is 6.42. The summed E-state index contributed by atoms with van der Waals surface area (Å²) in [5.41, 5.74) is 7.30. The van der Waals surface area contributed by atoms with Crippen LogP contribution in [-0.2, 0) is 6.42 Å². The second kappa shape index (κ2) is 6.16. The summed E-state index contributed by atoms with van der Waals surface area (Å²) in [6, 6.07) is 16.7. The number of nitrogens with zero attached hydrogens (tertiary/aromatic N) is 1. The predicted molar refractivity (Wildman–Crippen MR) is 81.0 cm³/mol. The molecule has 0 atom stereocenters. The molecule has 0 aliphatic carbocycles. The van der Waals surface area contributed by atoms with Crippen molar-refractivity contribution in [3.8, 4) is 11.1 Å². The smallest absolute Gasteiger partial charge is 0.142 e. The summed E-state index contributed by atoms with van der Waals surface area (Å²) in [4.78, 5) is 4.18. The first kappa shape index (κ1) is 13.3. The van der Waals surface area contributed by atoms with Crippen molar-refractivity contribution in [3.63, 3.8) is 0 Å². The van der Waals surface area contributed by atoms with Gasteiger partial charge in [0.05, 0.1) is 0 Å². The van der Waals surface area contributed by atoms with Crippen LogP contribution in [0, 0.1) is 0 Å². The molecule has 3 nitrogen and oxygen atoms in total. The molecule has 2 rings (SSSR count). The minimum atomic E-state index is 0.690. The number of aliphatic imine (C=N–C) groups is 1. The van der Waals surface area contributed by atoms with E-state index in [1.54, 1.807) is 7.05 Å². The molecule has 0 saturated carbocycles. The van der Waals surface area contributed by atoms with E-state index in [1.807, 2.05) is 18.2 Å². The van der Waals surface area contributed by atoms with Crippen molar-refractivity contribution in [1.29, 1.82) is 0 Å². The molecular formula is C16H19N3. The Morgan fingerprint density at radius 1 is 1.11 bits per heavy atom. The topological polar surface area (TPSA) is 50.4 Å². The molecule has 3 N–H and O–H groups in total. The van der Waals surface area contributed by atoms with E-state index in [9.17, 15) is 0 Å². The fraction of sp³-hybridized carbons (Fsp3) is 0.188. The molecule has 0 aromatic heterocycles. The molecular weight excluding hydrogens is 234 g/mol. The van der Waals surface area contributed by atoms with E-state index in [0.717, 1.165) is 17.5 Å². The van der Waals surface area contributed by atoms with Crippen molar-refractivity contribution < 1.29 is 0 Å². The van der Waals surface area contributed by atoms with Crippen molar-refractivity contribution >= 4 is 5.84 Å². The van der Waals surface area contributed by atoms with Gasteiger partial charge < -0.3 is 5.43 Å². The maximum atomic E-state index is 5.53. The van der Waals surface area contributed by atoms with Crippen molar-refractivity contribution in [2.45, 2.75) is 13.3 Å². The van der Waals surface area contributed by atoms with Crippen molar-refractivity contribution in [2.24, 2.45) is 10.8 Å². The lowest BCUT2D eigenvalue weighted by Gasteiger charge is -2.11. The van der Waals surface area contributed by atoms with E-state index >= 15 is 0 Å². The number of nitrogens with one attached hydrogen (secondary N) is 1. The minimum Gasteiger partial charge on any atom is -0.308 e. The maximum Gasteiger partial charge on any atom is 0.142 e. The van der Waals surface area contributed by atoms with Gasteiger partial charge in [-0.1, -0.05) is 55.5 Å². The van der Waals surface area contributed by atoms with Crippen LogP contribution in [0.15, 0.2) is 53.5 Å². The summed E-state index contributed by atoms with van der Waals surface area (Å²) in [6.45, 7) is 2.16. The lowest BCUT2D eigenvalue weighted by atomic mass is 9.97. The zero-order chi connectivity index (χ0) is 13.7. The lowest BCUT2D eigenvalue weighted by Crippen LogP contribution is -2.31. The van der Waals surface area contributed by atoms with Crippen molar-refractivity contribution in [1.82, 2.24) is 5.43 Å². The molecule has 0 heterocycles. The largest absolute Gasteiger partial charge is 0.308 e. The minimum absolute atomic E-state index is 0.690. The highest BCUT2D eigenvalue weighted by atomic mass is 15.2. The van der Waals surface area contributed by atoms with Gasteiger partial charge in [-0.25, -0.2) is 5.84 Å². The molecule has 0 bridgehead atoms. The Kier molecular flexibility index (Phi) is 4.31. The number of amidine groups is 1. The predicted octanol–water partition coefficient (Wildman–Crippen LogP) is 2.76. The molecule has 0 fully saturated rings. The zero-order valence-electron chi connectivity index (χ0n) is 11.4. The molecule has 0 aliphatic rings. The molecule has 0 saturated heterocycles. The van der Waals surface area contributed by atoms with Crippen molar-refractivity contribution in [2.75, 3.05) is 7.05 Å². The van der Waals surface area contributed by atoms with Gasteiger partial charge in [-0.2, -0.15) is 0 Å². The van der Waals surface area contributed by atoms with Gasteiger partial charge in [-0.05, 0) is 23.1 Å². The summed E-state index contributed by atoms with van der Waals surface area (Å²) in [7, 11) is 1.73. The molecule has 0 aliphatic heterocycles. The number of hydrogen-bond acceptors (Lipinski definition) is 2. The van der Waals surface area contributed by atoms with E-state index < -0.39 is 0 Å². The van der Waals surface area contributed by atoms with Gasteiger partial charge in [0.2, 0.25) is 0 Å². The number of hydrazine groups is 1. The summed E-state index contributed by atoms with van der Waals surface area (Å²) < 4.78 is 0. The highest BCUT2D eigenvalue weighted by Crippen LogP contribution is 2.24. The zero-order valence-corrected chi connectivity index (χ0v) is 11.4. The molecule has 3 heteroatoms. The highest BCUT2D eigenvalue weighted by molar-refractivity contribution is 6.04. The Morgan fingerprint density at radius 3 is 2.37 bits per heavy atom. The van der Waals surface area contributed by atoms with Crippen LogP contribution >= 0.6 is 0 Å². The highest BCUT2D eigenvalue weighted by Gasteiger charge is 2.08. The van der Waals surface area contributed by atoms with Crippen LogP contribution in [0.4, 0.5) is 0 Å². The quantitative estimate of drug-likeness (QED) is 0.382. The Labute approximate surface area is 114 Å². The fourth-order valence-corrected chi connectivity index (χ4v) is 2.12. The molecule has 19 heavy (non-hydrogen) atoms. The lowest BCUT2D eigenvalue weighted by molar-refractivity contribution is 1.02. The van der Waals surface area contributed by atoms with Crippen molar-refractivity contribution in [3.05, 3.63) is 59.7 Å². The Hall–Kier alpha value is -2.13. The second-order valence-electron chi connectivity index (χ2n) is 4.31. The third-order valence-electron chi connectivity index (χ3n) is 3.22. The van der Waals surface area contributed by atoms with Crippen LogP contribution in [0.2, 0.25) is 0 Å². The average molecular weight is 253 g/mol. The van der Waals surface area contributed by atoms with Gasteiger partial charge in [0, 0.05) is 12.6 Å². The normalized spacial score (nSPS) is 11.4. The molecule has 2 aromatic rings. The van der Waals surface area contributed by atoms with Gasteiger partial charge in [0.15, 0.2) is 0 Å². The molecule has 0 spiro atoms. The van der Waals surface area contributed by atoms with Gasteiger partial charge in [-0.15, -0.1) is 0 Å². The van der Waals surface area contributed by atoms with E-state index in [2.05, 4.69) is 47.7 Å². The number of rotatable bonds is 3. The van der Waals surface area contributed by atoms with Gasteiger partial charge >= 0.3 is 0 Å². The van der Waals surface area contributed by atoms with E-state index in [1.165, 1.54) is 11.1 Å². The van der Waals surface area contributed by atoms with Crippen LogP contribution in [0.25, 0.3) is 11.1 Å². The summed E-state index contributed by atoms with van der Waals surface area (Å²) in [6.07, 6.45) is 1.05. The number of hydrogen-bond donors (Lipinski definition) is 2. The van der Waals surface area contributed by atoms with E-state index in [-0.39, 0.29) is 0 Å². The molecule has 2 aromatic carbocycles. The second-order valence-corrected chi connectivity index (χ2v) is 4.31. The van der Waals surface area contributed by atoms with Gasteiger partial charge in [0.25, 0.3) is 0 Å². The molecule has 0 radical (unpaired) electrons. The van der Waals surface area contributed by atoms with Gasteiger partial charge in [-0.3, -0.25) is 4.99 Å². The molecule has 98 valence electrons. The third kappa shape index (κ3) is 2.83. The SMILES string of the molecule is CCc1ccc(-c2ccccc2C(=NC)NN)cc1. The Morgan fingerprint density at radius 2 is 1.79 bits per heavy atom. The average Bonchev–Trinajstić information content (AvgIpc) is 2.49. The van der Waals surface area contributed by atoms with Crippen LogP contribution in [0.3, 0.4) is 0 Å². The number of nitrogens with two attached hydrogens (primary N) is 1. The monoisotopic (exact) mass is 253 g/mol. The van der Waals surface area contributed by atoms with Crippen LogP contribution in [0.1, 0.15) is 18.1 Å². The number of aryl methyl sites for hydroxylation is 1. The molecule has 0 amide bonds. The van der Waals surface area contributed by atoms with E-state index in [0.29, 0.717) is 5.84 Å². The Balaban J connectivity index is 2.49. The summed E-state index contributed by atoms with van der Waals surface area (Å²) in [5, 5.41) is 0. The first-order valence-electron chi connectivity index (χ1n) is 6.42. The fourth-order valence-electron chi connectivity index (χ4n) is 2.12. The third-order valence-corrected chi connectivity index (χ3v) is 3.22. The van der Waals surface area contributed by atoms with E-state index in [4.69, 9.17) is 5.84 Å². The summed E-state index contributed by atoms with van der Waals surface area (Å²) in [5.74, 6) is 6.22. The van der Waals surface area contributed by atoms with Gasteiger partial charge in [0.1, 0.15) is 5.84 Å². The Bertz CT molecular complexity index is 571. The maximum absolute atomic E-state index is 5.53. The first-order chi connectivity index (χ1) is 9.30.